The number of hydrogen-bond donors (Lipinski definition) is 2. The first-order valence-electron chi connectivity index (χ1n) is 7.32. The summed E-state index contributed by atoms with van der Waals surface area (Å²) in [4.78, 5) is 40.6. The van der Waals surface area contributed by atoms with Crippen molar-refractivity contribution >= 4 is 34.3 Å². The standard InChI is InChI=1S/C14H17N3O4S/c18-11(17-5-1-2-10(17)13(20)21)6-9-7-22-14(15-9)16-12(19)8-3-4-8/h7-8,10H,1-6H2,(H,20,21)(H,15,16,19). The molecule has 2 heterocycles. The Morgan fingerprint density at radius 2 is 2.14 bits per heavy atom. The lowest BCUT2D eigenvalue weighted by molar-refractivity contribution is -0.148. The summed E-state index contributed by atoms with van der Waals surface area (Å²) in [6, 6.07) is -0.722. The highest BCUT2D eigenvalue weighted by Gasteiger charge is 2.34. The van der Waals surface area contributed by atoms with Gasteiger partial charge in [-0.3, -0.25) is 9.59 Å². The Morgan fingerprint density at radius 3 is 2.82 bits per heavy atom. The van der Waals surface area contributed by atoms with Crippen LogP contribution < -0.4 is 5.32 Å². The zero-order chi connectivity index (χ0) is 15.7. The van der Waals surface area contributed by atoms with E-state index in [4.69, 9.17) is 5.11 Å². The minimum Gasteiger partial charge on any atom is -0.480 e. The fourth-order valence-electron chi connectivity index (χ4n) is 2.58. The van der Waals surface area contributed by atoms with Gasteiger partial charge >= 0.3 is 5.97 Å². The lowest BCUT2D eigenvalue weighted by Gasteiger charge is -2.20. The number of carbonyl (C=O) groups is 3. The summed E-state index contributed by atoms with van der Waals surface area (Å²) in [6.07, 6.45) is 3.13. The molecule has 22 heavy (non-hydrogen) atoms. The van der Waals surface area contributed by atoms with Crippen molar-refractivity contribution in [3.8, 4) is 0 Å². The normalized spacial score (nSPS) is 20.9. The molecule has 2 aliphatic rings. The summed E-state index contributed by atoms with van der Waals surface area (Å²) >= 11 is 1.28. The number of carboxylic acid groups (broad SMARTS) is 1. The monoisotopic (exact) mass is 323 g/mol. The van der Waals surface area contributed by atoms with Gasteiger partial charge in [-0.15, -0.1) is 11.3 Å². The maximum atomic E-state index is 12.2. The van der Waals surface area contributed by atoms with E-state index < -0.39 is 12.0 Å². The van der Waals surface area contributed by atoms with Gasteiger partial charge in [0.15, 0.2) is 5.13 Å². The van der Waals surface area contributed by atoms with Crippen molar-refractivity contribution in [3.05, 3.63) is 11.1 Å². The summed E-state index contributed by atoms with van der Waals surface area (Å²) in [7, 11) is 0. The van der Waals surface area contributed by atoms with Gasteiger partial charge in [-0.05, 0) is 25.7 Å². The van der Waals surface area contributed by atoms with Crippen LogP contribution in [0.2, 0.25) is 0 Å². The average Bonchev–Trinajstić information content (AvgIpc) is 3.04. The van der Waals surface area contributed by atoms with Crippen molar-refractivity contribution < 1.29 is 19.5 Å². The number of carbonyl (C=O) groups excluding carboxylic acids is 2. The van der Waals surface area contributed by atoms with E-state index in [1.807, 2.05) is 0 Å². The summed E-state index contributed by atoms with van der Waals surface area (Å²) in [5, 5.41) is 14.1. The summed E-state index contributed by atoms with van der Waals surface area (Å²) < 4.78 is 0. The predicted molar refractivity (Wildman–Crippen MR) is 79.5 cm³/mol. The highest BCUT2D eigenvalue weighted by molar-refractivity contribution is 7.13. The summed E-state index contributed by atoms with van der Waals surface area (Å²) in [5.41, 5.74) is 0.567. The number of aromatic nitrogens is 1. The molecule has 7 nitrogen and oxygen atoms in total. The van der Waals surface area contributed by atoms with Crippen LogP contribution in [-0.2, 0) is 20.8 Å². The Bertz CT molecular complexity index is 611. The molecule has 8 heteroatoms. The van der Waals surface area contributed by atoms with E-state index in [2.05, 4.69) is 10.3 Å². The number of anilines is 1. The molecule has 0 aromatic carbocycles. The predicted octanol–water partition coefficient (Wildman–Crippen LogP) is 1.11. The SMILES string of the molecule is O=C(Nc1nc(CC(=O)N2CCCC2C(=O)O)cs1)C1CC1. The Balaban J connectivity index is 1.58. The lowest BCUT2D eigenvalue weighted by Crippen LogP contribution is -2.41. The van der Waals surface area contributed by atoms with E-state index in [0.717, 1.165) is 12.8 Å². The molecule has 3 rings (SSSR count). The van der Waals surface area contributed by atoms with Gasteiger partial charge in [-0.2, -0.15) is 0 Å². The van der Waals surface area contributed by atoms with Crippen LogP contribution in [0.4, 0.5) is 5.13 Å². The summed E-state index contributed by atoms with van der Waals surface area (Å²) in [5.74, 6) is -1.09. The third-order valence-corrected chi connectivity index (χ3v) is 4.73. The third-order valence-electron chi connectivity index (χ3n) is 3.92. The lowest BCUT2D eigenvalue weighted by atomic mass is 10.2. The first kappa shape index (κ1) is 15.0. The van der Waals surface area contributed by atoms with Gasteiger partial charge in [-0.25, -0.2) is 9.78 Å². The van der Waals surface area contributed by atoms with Gasteiger partial charge in [0.05, 0.1) is 12.1 Å². The van der Waals surface area contributed by atoms with Gasteiger partial charge in [0.1, 0.15) is 6.04 Å². The molecule has 1 atom stereocenters. The Kier molecular flexibility index (Phi) is 4.10. The molecule has 0 radical (unpaired) electrons. The van der Waals surface area contributed by atoms with E-state index in [9.17, 15) is 14.4 Å². The molecular formula is C14H17N3O4S. The van der Waals surface area contributed by atoms with Gasteiger partial charge in [0, 0.05) is 17.8 Å². The number of thiazole rings is 1. The van der Waals surface area contributed by atoms with Crippen LogP contribution >= 0.6 is 11.3 Å². The third kappa shape index (κ3) is 3.27. The quantitative estimate of drug-likeness (QED) is 0.845. The van der Waals surface area contributed by atoms with Gasteiger partial charge < -0.3 is 15.3 Å². The second kappa shape index (κ2) is 6.04. The van der Waals surface area contributed by atoms with Gasteiger partial charge in [0.25, 0.3) is 0 Å². The average molecular weight is 323 g/mol. The molecule has 1 aliphatic heterocycles. The van der Waals surface area contributed by atoms with Crippen molar-refractivity contribution in [3.63, 3.8) is 0 Å². The van der Waals surface area contributed by atoms with Crippen LogP contribution in [0.1, 0.15) is 31.4 Å². The molecule has 2 fully saturated rings. The second-order valence-corrected chi connectivity index (χ2v) is 6.53. The molecule has 118 valence electrons. The molecule has 0 spiro atoms. The molecule has 1 aromatic rings. The Labute approximate surface area is 131 Å². The van der Waals surface area contributed by atoms with Crippen molar-refractivity contribution in [2.75, 3.05) is 11.9 Å². The zero-order valence-electron chi connectivity index (χ0n) is 11.9. The van der Waals surface area contributed by atoms with Crippen molar-refractivity contribution in [2.24, 2.45) is 5.92 Å². The van der Waals surface area contributed by atoms with Gasteiger partial charge in [0.2, 0.25) is 11.8 Å². The fraction of sp³-hybridized carbons (Fsp3) is 0.571. The van der Waals surface area contributed by atoms with Crippen LogP contribution in [0.3, 0.4) is 0 Å². The molecule has 1 saturated carbocycles. The number of hydrogen-bond acceptors (Lipinski definition) is 5. The number of rotatable bonds is 5. The number of carboxylic acids is 1. The Hall–Kier alpha value is -1.96. The highest BCUT2D eigenvalue weighted by Crippen LogP contribution is 2.30. The van der Waals surface area contributed by atoms with E-state index in [0.29, 0.717) is 30.2 Å². The number of nitrogens with one attached hydrogen (secondary N) is 1. The van der Waals surface area contributed by atoms with Crippen molar-refractivity contribution in [2.45, 2.75) is 38.1 Å². The molecule has 1 aromatic heterocycles. The smallest absolute Gasteiger partial charge is 0.326 e. The Morgan fingerprint density at radius 1 is 1.36 bits per heavy atom. The van der Waals surface area contributed by atoms with Crippen LogP contribution in [0.25, 0.3) is 0 Å². The number of aliphatic carboxylic acids is 1. The van der Waals surface area contributed by atoms with Crippen LogP contribution in [0.15, 0.2) is 5.38 Å². The molecular weight excluding hydrogens is 306 g/mol. The molecule has 2 N–H and O–H groups in total. The number of amides is 2. The second-order valence-electron chi connectivity index (χ2n) is 5.67. The van der Waals surface area contributed by atoms with E-state index >= 15 is 0 Å². The molecule has 0 bridgehead atoms. The minimum atomic E-state index is -0.957. The maximum Gasteiger partial charge on any atom is 0.326 e. The largest absolute Gasteiger partial charge is 0.480 e. The zero-order valence-corrected chi connectivity index (χ0v) is 12.8. The van der Waals surface area contributed by atoms with E-state index in [1.54, 1.807) is 5.38 Å². The number of nitrogens with zero attached hydrogens (tertiary/aromatic N) is 2. The van der Waals surface area contributed by atoms with E-state index in [-0.39, 0.29) is 24.2 Å². The highest BCUT2D eigenvalue weighted by atomic mass is 32.1. The van der Waals surface area contributed by atoms with Crippen molar-refractivity contribution in [1.29, 1.82) is 0 Å². The van der Waals surface area contributed by atoms with Crippen molar-refractivity contribution in [1.82, 2.24) is 9.88 Å². The van der Waals surface area contributed by atoms with Crippen LogP contribution in [0, 0.1) is 5.92 Å². The van der Waals surface area contributed by atoms with Gasteiger partial charge in [-0.1, -0.05) is 0 Å². The first-order chi connectivity index (χ1) is 10.5. The maximum absolute atomic E-state index is 12.2. The van der Waals surface area contributed by atoms with Crippen LogP contribution in [-0.4, -0.2) is 45.4 Å². The fourth-order valence-corrected chi connectivity index (χ4v) is 3.29. The topological polar surface area (TPSA) is 99.6 Å². The molecule has 1 unspecified atom stereocenters. The first-order valence-corrected chi connectivity index (χ1v) is 8.20. The van der Waals surface area contributed by atoms with Crippen LogP contribution in [0.5, 0.6) is 0 Å². The van der Waals surface area contributed by atoms with E-state index in [1.165, 1.54) is 16.2 Å². The molecule has 1 saturated heterocycles. The number of likely N-dealkylation sites (tertiary alicyclic amines) is 1. The summed E-state index contributed by atoms with van der Waals surface area (Å²) in [6.45, 7) is 0.477. The molecule has 2 amide bonds. The minimum absolute atomic E-state index is 0.0160. The molecule has 1 aliphatic carbocycles.